The summed E-state index contributed by atoms with van der Waals surface area (Å²) in [5.41, 5.74) is 7.00. The summed E-state index contributed by atoms with van der Waals surface area (Å²) in [6.07, 6.45) is 1.47. The fraction of sp³-hybridized carbons (Fsp3) is 0.214. The molecule has 3 nitrogen and oxygen atoms in total. The average Bonchev–Trinajstić information content (AvgIpc) is 2.30. The van der Waals surface area contributed by atoms with Crippen molar-refractivity contribution in [1.82, 2.24) is 4.98 Å². The van der Waals surface area contributed by atoms with Gasteiger partial charge in [0.05, 0.1) is 29.2 Å². The Morgan fingerprint density at radius 1 is 1.22 bits per heavy atom. The zero-order chi connectivity index (χ0) is 13.1. The molecule has 1 heterocycles. The molecule has 0 bridgehead atoms. The van der Waals surface area contributed by atoms with E-state index in [0.717, 1.165) is 0 Å². The number of hydrogen-bond donors (Lipinski definition) is 1. The molecule has 0 spiro atoms. The lowest BCUT2D eigenvalue weighted by Gasteiger charge is -2.14. The molecule has 0 aliphatic rings. The molecule has 0 unspecified atom stereocenters. The second-order valence-electron chi connectivity index (χ2n) is 4.26. The highest BCUT2D eigenvalue weighted by molar-refractivity contribution is 5.68. The van der Waals surface area contributed by atoms with Crippen LogP contribution in [0.1, 0.15) is 13.8 Å². The van der Waals surface area contributed by atoms with Crippen LogP contribution in [0.4, 0.5) is 10.1 Å². The molecule has 1 aromatic carbocycles. The van der Waals surface area contributed by atoms with Gasteiger partial charge < -0.3 is 10.5 Å². The van der Waals surface area contributed by atoms with E-state index in [4.69, 9.17) is 10.5 Å². The van der Waals surface area contributed by atoms with Gasteiger partial charge in [-0.05, 0) is 38.1 Å². The maximum Gasteiger partial charge on any atom is 0.136 e. The molecule has 0 saturated carbocycles. The molecule has 2 rings (SSSR count). The molecule has 0 aliphatic carbocycles. The van der Waals surface area contributed by atoms with E-state index in [1.807, 2.05) is 13.8 Å². The van der Waals surface area contributed by atoms with Crippen LogP contribution < -0.4 is 10.5 Å². The first kappa shape index (κ1) is 12.4. The zero-order valence-electron chi connectivity index (χ0n) is 10.4. The molecule has 18 heavy (non-hydrogen) atoms. The van der Waals surface area contributed by atoms with Crippen molar-refractivity contribution >= 4 is 5.69 Å². The average molecular weight is 246 g/mol. The van der Waals surface area contributed by atoms with Crippen molar-refractivity contribution in [2.45, 2.75) is 20.0 Å². The van der Waals surface area contributed by atoms with Crippen LogP contribution in [-0.2, 0) is 0 Å². The third-order valence-electron chi connectivity index (χ3n) is 2.38. The van der Waals surface area contributed by atoms with E-state index >= 15 is 0 Å². The topological polar surface area (TPSA) is 48.1 Å². The highest BCUT2D eigenvalue weighted by atomic mass is 19.1. The number of rotatable bonds is 3. The first-order valence-electron chi connectivity index (χ1n) is 5.75. The molecule has 2 N–H and O–H groups in total. The van der Waals surface area contributed by atoms with E-state index < -0.39 is 0 Å². The largest absolute Gasteiger partial charge is 0.490 e. The van der Waals surface area contributed by atoms with Gasteiger partial charge in [0.2, 0.25) is 0 Å². The SMILES string of the molecule is CC(C)Oc1cccc(F)c1-c1ccc(N)cn1. The lowest BCUT2D eigenvalue weighted by Crippen LogP contribution is -2.07. The van der Waals surface area contributed by atoms with E-state index in [0.29, 0.717) is 22.7 Å². The van der Waals surface area contributed by atoms with Crippen LogP contribution in [0.25, 0.3) is 11.3 Å². The Kier molecular flexibility index (Phi) is 3.46. The highest BCUT2D eigenvalue weighted by Crippen LogP contribution is 2.32. The molecule has 1 aromatic heterocycles. The van der Waals surface area contributed by atoms with Crippen LogP contribution in [0.3, 0.4) is 0 Å². The summed E-state index contributed by atoms with van der Waals surface area (Å²) in [6.45, 7) is 3.79. The summed E-state index contributed by atoms with van der Waals surface area (Å²) >= 11 is 0. The molecule has 94 valence electrons. The van der Waals surface area contributed by atoms with Crippen LogP contribution >= 0.6 is 0 Å². The number of pyridine rings is 1. The number of halogens is 1. The Morgan fingerprint density at radius 3 is 2.61 bits per heavy atom. The van der Waals surface area contributed by atoms with Crippen molar-refractivity contribution in [3.8, 4) is 17.0 Å². The number of benzene rings is 1. The predicted octanol–water partition coefficient (Wildman–Crippen LogP) is 3.26. The van der Waals surface area contributed by atoms with Gasteiger partial charge in [0.15, 0.2) is 0 Å². The molecule has 0 atom stereocenters. The first-order chi connectivity index (χ1) is 8.58. The number of ether oxygens (including phenoxy) is 1. The third-order valence-corrected chi connectivity index (χ3v) is 2.38. The minimum Gasteiger partial charge on any atom is -0.490 e. The van der Waals surface area contributed by atoms with E-state index in [-0.39, 0.29) is 11.9 Å². The number of aromatic nitrogens is 1. The van der Waals surface area contributed by atoms with Gasteiger partial charge in [-0.1, -0.05) is 6.07 Å². The summed E-state index contributed by atoms with van der Waals surface area (Å²) in [7, 11) is 0. The first-order valence-corrected chi connectivity index (χ1v) is 5.75. The summed E-state index contributed by atoms with van der Waals surface area (Å²) in [4.78, 5) is 4.13. The lowest BCUT2D eigenvalue weighted by molar-refractivity contribution is 0.242. The third kappa shape index (κ3) is 2.59. The van der Waals surface area contributed by atoms with Crippen LogP contribution in [0.2, 0.25) is 0 Å². The van der Waals surface area contributed by atoms with Crippen LogP contribution in [-0.4, -0.2) is 11.1 Å². The smallest absolute Gasteiger partial charge is 0.136 e. The normalized spacial score (nSPS) is 10.7. The number of anilines is 1. The molecule has 0 amide bonds. The van der Waals surface area contributed by atoms with E-state index in [2.05, 4.69) is 4.98 Å². The molecular weight excluding hydrogens is 231 g/mol. The van der Waals surface area contributed by atoms with Crippen molar-refractivity contribution in [2.24, 2.45) is 0 Å². The summed E-state index contributed by atoms with van der Waals surface area (Å²) in [5, 5.41) is 0. The Bertz CT molecular complexity index is 538. The number of nitrogens with zero attached hydrogens (tertiary/aromatic N) is 1. The quantitative estimate of drug-likeness (QED) is 0.904. The molecule has 4 heteroatoms. The van der Waals surface area contributed by atoms with Crippen LogP contribution in [0.15, 0.2) is 36.5 Å². The van der Waals surface area contributed by atoms with Gasteiger partial charge in [-0.25, -0.2) is 4.39 Å². The fourth-order valence-electron chi connectivity index (χ4n) is 1.66. The standard InChI is InChI=1S/C14H15FN2O/c1-9(2)18-13-5-3-4-11(15)14(13)12-7-6-10(16)8-17-12/h3-9H,16H2,1-2H3. The fourth-order valence-corrected chi connectivity index (χ4v) is 1.66. The van der Waals surface area contributed by atoms with E-state index in [9.17, 15) is 4.39 Å². The van der Waals surface area contributed by atoms with Crippen LogP contribution in [0, 0.1) is 5.82 Å². The second kappa shape index (κ2) is 5.04. The van der Waals surface area contributed by atoms with Gasteiger partial charge in [0, 0.05) is 0 Å². The zero-order valence-corrected chi connectivity index (χ0v) is 10.4. The van der Waals surface area contributed by atoms with E-state index in [1.54, 1.807) is 24.3 Å². The van der Waals surface area contributed by atoms with Gasteiger partial charge in [0.1, 0.15) is 11.6 Å². The van der Waals surface area contributed by atoms with Gasteiger partial charge >= 0.3 is 0 Å². The summed E-state index contributed by atoms with van der Waals surface area (Å²) in [5.74, 6) is 0.132. The maximum absolute atomic E-state index is 13.9. The Morgan fingerprint density at radius 2 is 2.00 bits per heavy atom. The molecule has 0 saturated heterocycles. The summed E-state index contributed by atoms with van der Waals surface area (Å²) in [6, 6.07) is 8.11. The minimum absolute atomic E-state index is 0.0284. The van der Waals surface area contributed by atoms with Crippen molar-refractivity contribution in [1.29, 1.82) is 0 Å². The van der Waals surface area contributed by atoms with Crippen molar-refractivity contribution < 1.29 is 9.13 Å². The van der Waals surface area contributed by atoms with Crippen molar-refractivity contribution in [3.63, 3.8) is 0 Å². The lowest BCUT2D eigenvalue weighted by atomic mass is 10.1. The molecule has 0 radical (unpaired) electrons. The molecule has 2 aromatic rings. The Hall–Kier alpha value is -2.10. The maximum atomic E-state index is 13.9. The Labute approximate surface area is 105 Å². The van der Waals surface area contributed by atoms with Gasteiger partial charge in [-0.15, -0.1) is 0 Å². The van der Waals surface area contributed by atoms with Gasteiger partial charge in [-0.2, -0.15) is 0 Å². The second-order valence-corrected chi connectivity index (χ2v) is 4.26. The van der Waals surface area contributed by atoms with Gasteiger partial charge in [-0.3, -0.25) is 4.98 Å². The highest BCUT2D eigenvalue weighted by Gasteiger charge is 2.14. The van der Waals surface area contributed by atoms with Gasteiger partial charge in [0.25, 0.3) is 0 Å². The number of nitrogen functional groups attached to an aromatic ring is 1. The molecule has 0 fully saturated rings. The summed E-state index contributed by atoms with van der Waals surface area (Å²) < 4.78 is 19.5. The molecule has 0 aliphatic heterocycles. The number of hydrogen-bond acceptors (Lipinski definition) is 3. The molecular formula is C14H15FN2O. The number of nitrogens with two attached hydrogens (primary N) is 1. The van der Waals surface area contributed by atoms with E-state index in [1.165, 1.54) is 12.3 Å². The van der Waals surface area contributed by atoms with Crippen molar-refractivity contribution in [2.75, 3.05) is 5.73 Å². The van der Waals surface area contributed by atoms with Crippen molar-refractivity contribution in [3.05, 3.63) is 42.3 Å². The predicted molar refractivity (Wildman–Crippen MR) is 69.8 cm³/mol. The monoisotopic (exact) mass is 246 g/mol. The Balaban J connectivity index is 2.51. The van der Waals surface area contributed by atoms with Crippen LogP contribution in [0.5, 0.6) is 5.75 Å². The minimum atomic E-state index is -0.356.